The number of carbonyl (C=O) groups excluding carboxylic acids is 2. The van der Waals surface area contributed by atoms with E-state index < -0.39 is 12.2 Å². The van der Waals surface area contributed by atoms with Crippen molar-refractivity contribution in [3.8, 4) is 0 Å². The quantitative estimate of drug-likeness (QED) is 0.581. The molecule has 72 valence electrons. The van der Waals surface area contributed by atoms with Crippen LogP contribution in [-0.2, 0) is 14.3 Å². The molecule has 0 saturated heterocycles. The van der Waals surface area contributed by atoms with Gasteiger partial charge in [0.1, 0.15) is 12.2 Å². The third kappa shape index (κ3) is 3.80. The highest BCUT2D eigenvalue weighted by Crippen LogP contribution is 2.01. The first-order valence-electron chi connectivity index (χ1n) is 4.01. The van der Waals surface area contributed by atoms with Gasteiger partial charge in [-0.05, 0) is 26.0 Å². The molecule has 0 amide bonds. The summed E-state index contributed by atoms with van der Waals surface area (Å²) in [6, 6.07) is 0. The van der Waals surface area contributed by atoms with Gasteiger partial charge in [0.05, 0.1) is 0 Å². The van der Waals surface area contributed by atoms with E-state index in [0.29, 0.717) is 0 Å². The highest BCUT2D eigenvalue weighted by molar-refractivity contribution is 5.95. The van der Waals surface area contributed by atoms with E-state index in [-0.39, 0.29) is 11.6 Å². The number of carbonyl (C=O) groups is 2. The zero-order valence-electron chi connectivity index (χ0n) is 7.95. The maximum Gasteiger partial charge on any atom is 0.183 e. The van der Waals surface area contributed by atoms with Crippen molar-refractivity contribution in [2.24, 2.45) is 0 Å². The van der Waals surface area contributed by atoms with Crippen molar-refractivity contribution in [2.45, 2.75) is 26.1 Å². The maximum absolute atomic E-state index is 11.0. The van der Waals surface area contributed by atoms with Crippen molar-refractivity contribution < 1.29 is 14.3 Å². The molecule has 13 heavy (non-hydrogen) atoms. The van der Waals surface area contributed by atoms with E-state index in [1.807, 2.05) is 0 Å². The average molecular weight is 182 g/mol. The number of hydrogen-bond acceptors (Lipinski definition) is 3. The second-order valence-corrected chi connectivity index (χ2v) is 2.63. The third-order valence-electron chi connectivity index (χ3n) is 1.61. The van der Waals surface area contributed by atoms with Gasteiger partial charge in [-0.2, -0.15) is 0 Å². The van der Waals surface area contributed by atoms with Crippen LogP contribution in [0.25, 0.3) is 0 Å². The molecule has 0 N–H and O–H groups in total. The molecule has 0 rings (SSSR count). The molecule has 0 aromatic rings. The molecule has 3 nitrogen and oxygen atoms in total. The lowest BCUT2D eigenvalue weighted by Gasteiger charge is -2.14. The smallest absolute Gasteiger partial charge is 0.183 e. The molecule has 0 heterocycles. The third-order valence-corrected chi connectivity index (χ3v) is 1.61. The Morgan fingerprint density at radius 2 is 1.38 bits per heavy atom. The van der Waals surface area contributed by atoms with E-state index in [1.165, 1.54) is 12.2 Å². The molecule has 0 aliphatic rings. The molecule has 0 fully saturated rings. The van der Waals surface area contributed by atoms with Gasteiger partial charge in [-0.25, -0.2) is 0 Å². The van der Waals surface area contributed by atoms with Crippen LogP contribution in [0.1, 0.15) is 13.8 Å². The lowest BCUT2D eigenvalue weighted by atomic mass is 10.2. The molecular weight excluding hydrogens is 168 g/mol. The molecular formula is C10H14O3. The van der Waals surface area contributed by atoms with E-state index in [2.05, 4.69) is 13.2 Å². The van der Waals surface area contributed by atoms with Gasteiger partial charge in [-0.15, -0.1) is 0 Å². The fourth-order valence-electron chi connectivity index (χ4n) is 0.772. The monoisotopic (exact) mass is 182 g/mol. The van der Waals surface area contributed by atoms with Crippen LogP contribution in [0.5, 0.6) is 0 Å². The van der Waals surface area contributed by atoms with E-state index in [9.17, 15) is 9.59 Å². The number of ether oxygens (including phenoxy) is 1. The Balaban J connectivity index is 4.12. The van der Waals surface area contributed by atoms with E-state index in [0.717, 1.165) is 0 Å². The van der Waals surface area contributed by atoms with Crippen molar-refractivity contribution in [1.82, 2.24) is 0 Å². The van der Waals surface area contributed by atoms with Gasteiger partial charge in [0.15, 0.2) is 11.6 Å². The molecule has 0 saturated carbocycles. The van der Waals surface area contributed by atoms with Gasteiger partial charge in [0.25, 0.3) is 0 Å². The summed E-state index contributed by atoms with van der Waals surface area (Å²) >= 11 is 0. The van der Waals surface area contributed by atoms with Crippen LogP contribution < -0.4 is 0 Å². The second-order valence-electron chi connectivity index (χ2n) is 2.63. The van der Waals surface area contributed by atoms with Crippen LogP contribution in [0, 0.1) is 0 Å². The van der Waals surface area contributed by atoms with E-state index in [1.54, 1.807) is 13.8 Å². The number of hydrogen-bond donors (Lipinski definition) is 0. The van der Waals surface area contributed by atoms with Crippen molar-refractivity contribution >= 4 is 11.6 Å². The van der Waals surface area contributed by atoms with Crippen LogP contribution in [0.4, 0.5) is 0 Å². The van der Waals surface area contributed by atoms with Crippen LogP contribution in [0.3, 0.4) is 0 Å². The predicted molar refractivity (Wildman–Crippen MR) is 50.4 cm³/mol. The van der Waals surface area contributed by atoms with Crippen molar-refractivity contribution in [3.63, 3.8) is 0 Å². The van der Waals surface area contributed by atoms with Gasteiger partial charge in [-0.3, -0.25) is 9.59 Å². The molecule has 2 unspecified atom stereocenters. The van der Waals surface area contributed by atoms with Gasteiger partial charge in [0, 0.05) is 0 Å². The first-order chi connectivity index (χ1) is 6.02. The van der Waals surface area contributed by atoms with E-state index >= 15 is 0 Å². The summed E-state index contributed by atoms with van der Waals surface area (Å²) in [5, 5.41) is 0. The Morgan fingerprint density at radius 3 is 1.62 bits per heavy atom. The minimum Gasteiger partial charge on any atom is -0.359 e. The van der Waals surface area contributed by atoms with Gasteiger partial charge < -0.3 is 4.74 Å². The first kappa shape index (κ1) is 11.8. The molecule has 0 radical (unpaired) electrons. The summed E-state index contributed by atoms with van der Waals surface area (Å²) in [6.45, 7) is 9.80. The molecule has 3 heteroatoms. The van der Waals surface area contributed by atoms with Crippen molar-refractivity contribution in [3.05, 3.63) is 25.3 Å². The molecule has 0 aliphatic heterocycles. The maximum atomic E-state index is 11.0. The van der Waals surface area contributed by atoms with Gasteiger partial charge in [0.2, 0.25) is 0 Å². The van der Waals surface area contributed by atoms with Crippen LogP contribution in [0.2, 0.25) is 0 Å². The van der Waals surface area contributed by atoms with Gasteiger partial charge >= 0.3 is 0 Å². The largest absolute Gasteiger partial charge is 0.359 e. The molecule has 0 aromatic carbocycles. The Bertz CT molecular complexity index is 206. The summed E-state index contributed by atoms with van der Waals surface area (Å²) in [6.07, 6.45) is 1.10. The number of ketones is 2. The topological polar surface area (TPSA) is 43.4 Å². The zero-order chi connectivity index (χ0) is 10.4. The summed E-state index contributed by atoms with van der Waals surface area (Å²) in [5.74, 6) is -0.465. The molecule has 0 bridgehead atoms. The second kappa shape index (κ2) is 5.43. The van der Waals surface area contributed by atoms with Crippen LogP contribution in [0.15, 0.2) is 25.3 Å². The number of rotatable bonds is 6. The molecule has 0 aromatic heterocycles. The van der Waals surface area contributed by atoms with Crippen LogP contribution in [-0.4, -0.2) is 23.8 Å². The van der Waals surface area contributed by atoms with E-state index in [4.69, 9.17) is 4.74 Å². The zero-order valence-corrected chi connectivity index (χ0v) is 7.95. The summed E-state index contributed by atoms with van der Waals surface area (Å²) in [5.41, 5.74) is 0. The SMILES string of the molecule is C=CC(=O)C(C)OC(C)C(=O)C=C. The standard InChI is InChI=1S/C10H14O3/c1-5-9(11)7(3)13-8(4)10(12)6-2/h5-8H,1-2H2,3-4H3. The Labute approximate surface area is 78.1 Å². The normalized spacial score (nSPS) is 14.3. The molecule has 0 spiro atoms. The summed E-state index contributed by atoms with van der Waals surface area (Å²) < 4.78 is 5.11. The average Bonchev–Trinajstić information content (AvgIpc) is 2.14. The fraction of sp³-hybridized carbons (Fsp3) is 0.400. The molecule has 2 atom stereocenters. The highest BCUT2D eigenvalue weighted by Gasteiger charge is 2.17. The van der Waals surface area contributed by atoms with Crippen molar-refractivity contribution in [2.75, 3.05) is 0 Å². The lowest BCUT2D eigenvalue weighted by molar-refractivity contribution is -0.135. The summed E-state index contributed by atoms with van der Waals surface area (Å²) in [4.78, 5) is 22.0. The first-order valence-corrected chi connectivity index (χ1v) is 4.01. The fourth-order valence-corrected chi connectivity index (χ4v) is 0.772. The Morgan fingerprint density at radius 1 is 1.08 bits per heavy atom. The Kier molecular flexibility index (Phi) is 4.92. The highest BCUT2D eigenvalue weighted by atomic mass is 16.5. The summed E-state index contributed by atoms with van der Waals surface area (Å²) in [7, 11) is 0. The molecule has 0 aliphatic carbocycles. The minimum absolute atomic E-state index is 0.233. The minimum atomic E-state index is -0.628. The Hall–Kier alpha value is -1.22. The van der Waals surface area contributed by atoms with Crippen LogP contribution >= 0.6 is 0 Å². The van der Waals surface area contributed by atoms with Gasteiger partial charge in [-0.1, -0.05) is 13.2 Å². The lowest BCUT2D eigenvalue weighted by Crippen LogP contribution is -2.28. The van der Waals surface area contributed by atoms with Crippen molar-refractivity contribution in [1.29, 1.82) is 0 Å². The predicted octanol–water partition coefficient (Wildman–Crippen LogP) is 1.29.